The molecule has 0 radical (unpaired) electrons. The molecule has 0 aromatic rings. The Kier molecular flexibility index (Phi) is 24.9. The number of carbonyl (C=O) groups is 1. The van der Waals surface area contributed by atoms with Crippen LogP contribution in [0, 0.1) is 5.92 Å². The molecule has 2 nitrogen and oxygen atoms in total. The van der Waals surface area contributed by atoms with Crippen molar-refractivity contribution >= 4 is 5.97 Å². The number of ether oxygens (including phenoxy) is 1. The summed E-state index contributed by atoms with van der Waals surface area (Å²) in [6, 6.07) is 0. The second-order valence-corrected chi connectivity index (χ2v) is 11.7. The fraction of sp³-hybridized carbons (Fsp3) is 0.806. The van der Waals surface area contributed by atoms with Crippen LogP contribution in [0.5, 0.6) is 0 Å². The van der Waals surface area contributed by atoms with Crippen LogP contribution in [0.25, 0.3) is 0 Å². The summed E-state index contributed by atoms with van der Waals surface area (Å²) in [6.07, 6.45) is 45.9. The van der Waals surface area contributed by atoms with Gasteiger partial charge >= 0.3 is 5.97 Å². The summed E-state index contributed by atoms with van der Waals surface area (Å²) < 4.78 is 5.26. The standard InChI is InChI=1S/C36H64O2/c1-3-5-7-9-11-13-15-17-19-21-23-25-27-29-31-33-35-34(36(37)38-35)32-30-28-26-24-22-20-18-16-14-12-10-8-6-4-2/h29-34H,3-28H2,1-2H3. The molecule has 0 aromatic heterocycles. The normalized spacial score (nSPS) is 16.6. The number of cyclic esters (lactones) is 1. The van der Waals surface area contributed by atoms with E-state index in [0.29, 0.717) is 0 Å². The molecule has 0 aromatic carbocycles. The average Bonchev–Trinajstić information content (AvgIpc) is 2.92. The van der Waals surface area contributed by atoms with Crippen molar-refractivity contribution in [3.8, 4) is 0 Å². The quantitative estimate of drug-likeness (QED) is 0.0573. The Bertz CT molecular complexity index is 615. The fourth-order valence-electron chi connectivity index (χ4n) is 5.31. The van der Waals surface area contributed by atoms with Crippen LogP contribution in [-0.2, 0) is 9.53 Å². The summed E-state index contributed by atoms with van der Waals surface area (Å²) >= 11 is 0. The van der Waals surface area contributed by atoms with Crippen molar-refractivity contribution < 1.29 is 9.53 Å². The Balaban J connectivity index is 1.94. The Morgan fingerprint density at radius 2 is 0.895 bits per heavy atom. The van der Waals surface area contributed by atoms with Crippen LogP contribution < -0.4 is 0 Å². The number of hydrogen-bond donors (Lipinski definition) is 0. The topological polar surface area (TPSA) is 26.3 Å². The average molecular weight is 529 g/mol. The Hall–Kier alpha value is -1.31. The van der Waals surface area contributed by atoms with Gasteiger partial charge in [0.05, 0.1) is 0 Å². The van der Waals surface area contributed by atoms with Crippen LogP contribution in [0.15, 0.2) is 36.1 Å². The van der Waals surface area contributed by atoms with Crippen LogP contribution in [-0.4, -0.2) is 5.97 Å². The largest absolute Gasteiger partial charge is 0.429 e. The lowest BCUT2D eigenvalue weighted by Crippen LogP contribution is -2.30. The second-order valence-electron chi connectivity index (χ2n) is 11.7. The summed E-state index contributed by atoms with van der Waals surface area (Å²) in [5, 5.41) is 0. The van der Waals surface area contributed by atoms with Crippen molar-refractivity contribution in [2.75, 3.05) is 0 Å². The molecule has 0 bridgehead atoms. The van der Waals surface area contributed by atoms with E-state index in [4.69, 9.17) is 4.74 Å². The first-order valence-corrected chi connectivity index (χ1v) is 17.0. The molecule has 1 fully saturated rings. The highest BCUT2D eigenvalue weighted by molar-refractivity contribution is 5.85. The van der Waals surface area contributed by atoms with Gasteiger partial charge in [-0.3, -0.25) is 4.79 Å². The van der Waals surface area contributed by atoms with E-state index in [1.807, 2.05) is 6.08 Å². The van der Waals surface area contributed by atoms with E-state index in [9.17, 15) is 4.79 Å². The van der Waals surface area contributed by atoms with Crippen LogP contribution in [0.2, 0.25) is 0 Å². The molecule has 0 aliphatic carbocycles. The van der Waals surface area contributed by atoms with Crippen LogP contribution in [0.3, 0.4) is 0 Å². The Labute approximate surface area is 238 Å². The van der Waals surface area contributed by atoms with Crippen molar-refractivity contribution in [1.29, 1.82) is 0 Å². The number of hydrogen-bond acceptors (Lipinski definition) is 2. The van der Waals surface area contributed by atoms with E-state index in [-0.39, 0.29) is 11.9 Å². The van der Waals surface area contributed by atoms with Gasteiger partial charge in [0.15, 0.2) is 0 Å². The lowest BCUT2D eigenvalue weighted by molar-refractivity contribution is -0.154. The summed E-state index contributed by atoms with van der Waals surface area (Å²) in [7, 11) is 0. The van der Waals surface area contributed by atoms with Crippen LogP contribution >= 0.6 is 0 Å². The minimum absolute atomic E-state index is 0.100. The predicted molar refractivity (Wildman–Crippen MR) is 167 cm³/mol. The highest BCUT2D eigenvalue weighted by Gasteiger charge is 2.34. The number of esters is 1. The van der Waals surface area contributed by atoms with Gasteiger partial charge in [0.25, 0.3) is 0 Å². The van der Waals surface area contributed by atoms with Gasteiger partial charge in [0.1, 0.15) is 11.7 Å². The fourth-order valence-corrected chi connectivity index (χ4v) is 5.31. The maximum absolute atomic E-state index is 11.8. The van der Waals surface area contributed by atoms with E-state index < -0.39 is 0 Å². The summed E-state index contributed by atoms with van der Waals surface area (Å²) in [5.41, 5.74) is 0. The minimum atomic E-state index is -0.149. The first-order chi connectivity index (χ1) is 18.8. The highest BCUT2D eigenvalue weighted by Crippen LogP contribution is 2.28. The first-order valence-electron chi connectivity index (χ1n) is 17.0. The van der Waals surface area contributed by atoms with Crippen LogP contribution in [0.4, 0.5) is 0 Å². The molecule has 0 amide bonds. The van der Waals surface area contributed by atoms with Gasteiger partial charge in [0.2, 0.25) is 0 Å². The van der Waals surface area contributed by atoms with E-state index in [2.05, 4.69) is 38.2 Å². The molecule has 2 heteroatoms. The van der Waals surface area contributed by atoms with E-state index in [1.165, 1.54) is 154 Å². The van der Waals surface area contributed by atoms with Crippen molar-refractivity contribution in [2.24, 2.45) is 5.92 Å². The summed E-state index contributed by atoms with van der Waals surface area (Å²) in [5.74, 6) is 0.562. The third-order valence-corrected chi connectivity index (χ3v) is 7.95. The van der Waals surface area contributed by atoms with Gasteiger partial charge in [-0.15, -0.1) is 0 Å². The third-order valence-electron chi connectivity index (χ3n) is 7.95. The molecular weight excluding hydrogens is 464 g/mol. The van der Waals surface area contributed by atoms with Gasteiger partial charge in [-0.25, -0.2) is 0 Å². The summed E-state index contributed by atoms with van der Waals surface area (Å²) in [6.45, 7) is 4.57. The summed E-state index contributed by atoms with van der Waals surface area (Å²) in [4.78, 5) is 11.8. The van der Waals surface area contributed by atoms with Gasteiger partial charge in [-0.2, -0.15) is 0 Å². The number of rotatable bonds is 28. The van der Waals surface area contributed by atoms with E-state index in [0.717, 1.165) is 18.6 Å². The van der Waals surface area contributed by atoms with Gasteiger partial charge < -0.3 is 4.74 Å². The minimum Gasteiger partial charge on any atom is -0.429 e. The molecule has 1 aliphatic heterocycles. The Morgan fingerprint density at radius 3 is 1.29 bits per heavy atom. The molecule has 220 valence electrons. The molecule has 0 N–H and O–H groups in total. The number of carbonyl (C=O) groups excluding carboxylic acids is 1. The lowest BCUT2D eigenvalue weighted by atomic mass is 10.00. The zero-order valence-corrected chi connectivity index (χ0v) is 25.7. The molecule has 1 atom stereocenters. The number of allylic oxidation sites excluding steroid dienone is 4. The second kappa shape index (κ2) is 27.3. The molecule has 0 spiro atoms. The molecule has 1 aliphatic rings. The van der Waals surface area contributed by atoms with Crippen molar-refractivity contribution in [1.82, 2.24) is 0 Å². The Morgan fingerprint density at radius 1 is 0.526 bits per heavy atom. The van der Waals surface area contributed by atoms with Crippen molar-refractivity contribution in [3.63, 3.8) is 0 Å². The van der Waals surface area contributed by atoms with E-state index in [1.54, 1.807) is 0 Å². The van der Waals surface area contributed by atoms with Crippen LogP contribution in [0.1, 0.15) is 181 Å². The molecule has 1 saturated heterocycles. The van der Waals surface area contributed by atoms with E-state index >= 15 is 0 Å². The first kappa shape index (κ1) is 34.7. The predicted octanol–water partition coefficient (Wildman–Crippen LogP) is 12.3. The smallest absolute Gasteiger partial charge is 0.325 e. The molecule has 1 heterocycles. The molecule has 1 rings (SSSR count). The maximum atomic E-state index is 11.8. The SMILES string of the molecule is CCCCCCCCCCCCCCC=CC=C1OC(=O)C1C=CCCCCCCCCCCCCCC. The van der Waals surface area contributed by atoms with Gasteiger partial charge in [-0.1, -0.05) is 179 Å². The molecule has 1 unspecified atom stereocenters. The van der Waals surface area contributed by atoms with Gasteiger partial charge in [0, 0.05) is 0 Å². The molecule has 0 saturated carbocycles. The van der Waals surface area contributed by atoms with Crippen molar-refractivity contribution in [2.45, 2.75) is 181 Å². The zero-order chi connectivity index (χ0) is 27.4. The lowest BCUT2D eigenvalue weighted by Gasteiger charge is -2.24. The maximum Gasteiger partial charge on any atom is 0.325 e. The number of unbranched alkanes of at least 4 members (excludes halogenated alkanes) is 24. The van der Waals surface area contributed by atoms with Crippen molar-refractivity contribution in [3.05, 3.63) is 36.1 Å². The molecule has 38 heavy (non-hydrogen) atoms. The van der Waals surface area contributed by atoms with Gasteiger partial charge in [-0.05, 0) is 31.8 Å². The zero-order valence-electron chi connectivity index (χ0n) is 25.7. The monoisotopic (exact) mass is 528 g/mol. The molecular formula is C36H64O2. The highest BCUT2D eigenvalue weighted by atomic mass is 16.6. The third kappa shape index (κ3) is 20.6.